The van der Waals surface area contributed by atoms with Crippen molar-refractivity contribution in [1.29, 1.82) is 0 Å². The average Bonchev–Trinajstić information content (AvgIpc) is 3.14. The molecule has 6 nitrogen and oxygen atoms in total. The van der Waals surface area contributed by atoms with Crippen LogP contribution in [0.15, 0.2) is 53.4 Å². The smallest absolute Gasteiger partial charge is 0.253 e. The zero-order valence-corrected chi connectivity index (χ0v) is 14.6. The van der Waals surface area contributed by atoms with Gasteiger partial charge < -0.3 is 10.2 Å². The van der Waals surface area contributed by atoms with Crippen LogP contribution in [0.2, 0.25) is 0 Å². The first-order chi connectivity index (χ1) is 11.9. The summed E-state index contributed by atoms with van der Waals surface area (Å²) in [6.07, 6.45) is 2.29. The molecule has 3 rings (SSSR count). The minimum atomic E-state index is -3.70. The Morgan fingerprint density at radius 2 is 1.68 bits per heavy atom. The van der Waals surface area contributed by atoms with E-state index in [1.807, 2.05) is 24.3 Å². The van der Waals surface area contributed by atoms with Crippen molar-refractivity contribution in [3.8, 4) is 0 Å². The van der Waals surface area contributed by atoms with Crippen LogP contribution in [0.5, 0.6) is 0 Å². The van der Waals surface area contributed by atoms with E-state index in [9.17, 15) is 13.2 Å². The zero-order chi connectivity index (χ0) is 17.9. The van der Waals surface area contributed by atoms with Crippen LogP contribution in [-0.4, -0.2) is 27.4 Å². The van der Waals surface area contributed by atoms with Crippen LogP contribution in [0.25, 0.3) is 0 Å². The number of para-hydroxylation sites is 1. The molecular weight excluding hydrogens is 338 g/mol. The van der Waals surface area contributed by atoms with Crippen LogP contribution >= 0.6 is 0 Å². The van der Waals surface area contributed by atoms with E-state index in [1.165, 1.54) is 12.1 Å². The molecule has 0 bridgehead atoms. The fourth-order valence-electron chi connectivity index (χ4n) is 2.97. The van der Waals surface area contributed by atoms with Gasteiger partial charge in [0.2, 0.25) is 10.0 Å². The van der Waals surface area contributed by atoms with Gasteiger partial charge in [-0.3, -0.25) is 4.79 Å². The second kappa shape index (κ2) is 7.25. The average molecular weight is 359 g/mol. The molecule has 7 heteroatoms. The number of rotatable bonds is 5. The first-order valence-corrected chi connectivity index (χ1v) is 9.74. The number of sulfonamides is 1. The van der Waals surface area contributed by atoms with Crippen molar-refractivity contribution < 1.29 is 13.2 Å². The number of nitrogens with two attached hydrogens (primary N) is 1. The molecule has 1 heterocycles. The third-order valence-corrected chi connectivity index (χ3v) is 5.23. The fourth-order valence-corrected chi connectivity index (χ4v) is 3.49. The van der Waals surface area contributed by atoms with E-state index < -0.39 is 10.0 Å². The number of hydrogen-bond donors (Lipinski definition) is 2. The molecule has 132 valence electrons. The van der Waals surface area contributed by atoms with Gasteiger partial charge in [0.15, 0.2) is 0 Å². The molecule has 1 aliphatic rings. The molecule has 2 aromatic carbocycles. The minimum Gasteiger partial charge on any atom is -0.371 e. The number of carbonyl (C=O) groups is 1. The molecule has 0 spiro atoms. The highest BCUT2D eigenvalue weighted by molar-refractivity contribution is 7.89. The van der Waals surface area contributed by atoms with Crippen molar-refractivity contribution in [2.45, 2.75) is 24.3 Å². The van der Waals surface area contributed by atoms with Crippen LogP contribution in [0.1, 0.15) is 28.8 Å². The molecule has 0 saturated carbocycles. The minimum absolute atomic E-state index is 0.0574. The highest BCUT2D eigenvalue weighted by Gasteiger charge is 2.18. The van der Waals surface area contributed by atoms with Crippen LogP contribution in [0.3, 0.4) is 0 Å². The molecule has 1 saturated heterocycles. The molecular formula is C18H21N3O3S. The topological polar surface area (TPSA) is 92.5 Å². The van der Waals surface area contributed by atoms with Gasteiger partial charge in [-0.2, -0.15) is 0 Å². The van der Waals surface area contributed by atoms with Crippen molar-refractivity contribution >= 4 is 21.6 Å². The quantitative estimate of drug-likeness (QED) is 0.852. The Kier molecular flexibility index (Phi) is 5.06. The molecule has 0 radical (unpaired) electrons. The van der Waals surface area contributed by atoms with E-state index in [4.69, 9.17) is 5.14 Å². The normalized spacial score (nSPS) is 14.5. The Hall–Kier alpha value is -2.38. The Morgan fingerprint density at radius 3 is 2.32 bits per heavy atom. The van der Waals surface area contributed by atoms with Crippen molar-refractivity contribution in [3.05, 3.63) is 59.7 Å². The number of benzene rings is 2. The summed E-state index contributed by atoms with van der Waals surface area (Å²) in [5.41, 5.74) is 2.42. The Labute approximate surface area is 147 Å². The predicted octanol–water partition coefficient (Wildman–Crippen LogP) is 1.86. The Bertz CT molecular complexity index is 857. The maximum atomic E-state index is 12.6. The highest BCUT2D eigenvalue weighted by atomic mass is 32.2. The number of nitrogens with one attached hydrogen (secondary N) is 1. The van der Waals surface area contributed by atoms with Gasteiger partial charge in [-0.25, -0.2) is 13.6 Å². The number of nitrogens with zero attached hydrogens (tertiary/aromatic N) is 1. The summed E-state index contributed by atoms with van der Waals surface area (Å²) in [6.45, 7) is 2.26. The first-order valence-electron chi connectivity index (χ1n) is 8.19. The van der Waals surface area contributed by atoms with Gasteiger partial charge in [0.25, 0.3) is 5.91 Å². The van der Waals surface area contributed by atoms with E-state index in [-0.39, 0.29) is 10.8 Å². The van der Waals surface area contributed by atoms with Gasteiger partial charge in [-0.15, -0.1) is 0 Å². The third-order valence-electron chi connectivity index (χ3n) is 4.30. The van der Waals surface area contributed by atoms with Gasteiger partial charge in [0.1, 0.15) is 0 Å². The van der Waals surface area contributed by atoms with E-state index in [1.54, 1.807) is 12.1 Å². The largest absolute Gasteiger partial charge is 0.371 e. The molecule has 0 atom stereocenters. The van der Waals surface area contributed by atoms with Gasteiger partial charge in [0.05, 0.1) is 10.5 Å². The molecule has 0 unspecified atom stereocenters. The van der Waals surface area contributed by atoms with Crippen molar-refractivity contribution in [2.75, 3.05) is 18.0 Å². The lowest BCUT2D eigenvalue weighted by atomic mass is 10.1. The van der Waals surface area contributed by atoms with Crippen LogP contribution in [-0.2, 0) is 16.6 Å². The molecule has 1 amide bonds. The second-order valence-corrected chi connectivity index (χ2v) is 7.64. The summed E-state index contributed by atoms with van der Waals surface area (Å²) in [4.78, 5) is 14.9. The number of anilines is 1. The number of amides is 1. The van der Waals surface area contributed by atoms with Gasteiger partial charge in [-0.05, 0) is 42.7 Å². The first kappa shape index (κ1) is 17.4. The molecule has 3 N–H and O–H groups in total. The number of carbonyl (C=O) groups excluding carboxylic acids is 1. The third kappa shape index (κ3) is 4.18. The summed E-state index contributed by atoms with van der Waals surface area (Å²) in [6, 6.07) is 13.8. The number of hydrogen-bond acceptors (Lipinski definition) is 4. The van der Waals surface area contributed by atoms with Crippen molar-refractivity contribution in [2.24, 2.45) is 5.14 Å². The Balaban J connectivity index is 1.69. The summed E-state index contributed by atoms with van der Waals surface area (Å²) < 4.78 is 22.5. The lowest BCUT2D eigenvalue weighted by Gasteiger charge is -2.20. The molecule has 0 aromatic heterocycles. The highest BCUT2D eigenvalue weighted by Crippen LogP contribution is 2.24. The SMILES string of the molecule is NS(=O)(=O)c1ccc(CNC(=O)c2ccccc2N2CCCC2)cc1. The Morgan fingerprint density at radius 1 is 1.04 bits per heavy atom. The molecule has 2 aromatic rings. The zero-order valence-electron chi connectivity index (χ0n) is 13.8. The molecule has 1 fully saturated rings. The summed E-state index contributed by atoms with van der Waals surface area (Å²) >= 11 is 0. The standard InChI is InChI=1S/C18H21N3O3S/c19-25(23,24)15-9-7-14(8-10-15)13-20-18(22)16-5-1-2-6-17(16)21-11-3-4-12-21/h1-2,5-10H,3-4,11-13H2,(H,20,22)(H2,19,23,24). The molecule has 0 aliphatic carbocycles. The van der Waals surface area contributed by atoms with E-state index in [2.05, 4.69) is 10.2 Å². The molecule has 1 aliphatic heterocycles. The van der Waals surface area contributed by atoms with Crippen LogP contribution < -0.4 is 15.4 Å². The van der Waals surface area contributed by atoms with E-state index in [0.29, 0.717) is 12.1 Å². The van der Waals surface area contributed by atoms with Gasteiger partial charge in [0, 0.05) is 25.3 Å². The second-order valence-electron chi connectivity index (χ2n) is 6.08. The number of primary sulfonamides is 1. The summed E-state index contributed by atoms with van der Waals surface area (Å²) in [7, 11) is -3.70. The van der Waals surface area contributed by atoms with Crippen LogP contribution in [0, 0.1) is 0 Å². The van der Waals surface area contributed by atoms with Gasteiger partial charge in [-0.1, -0.05) is 24.3 Å². The maximum absolute atomic E-state index is 12.6. The van der Waals surface area contributed by atoms with Crippen molar-refractivity contribution in [1.82, 2.24) is 5.32 Å². The summed E-state index contributed by atoms with van der Waals surface area (Å²) in [5, 5.41) is 7.97. The van der Waals surface area contributed by atoms with E-state index >= 15 is 0 Å². The fraction of sp³-hybridized carbons (Fsp3) is 0.278. The van der Waals surface area contributed by atoms with Gasteiger partial charge >= 0.3 is 0 Å². The summed E-state index contributed by atoms with van der Waals surface area (Å²) in [5.74, 6) is -0.141. The lowest BCUT2D eigenvalue weighted by Crippen LogP contribution is -2.27. The van der Waals surface area contributed by atoms with Crippen molar-refractivity contribution in [3.63, 3.8) is 0 Å². The lowest BCUT2D eigenvalue weighted by molar-refractivity contribution is 0.0951. The maximum Gasteiger partial charge on any atom is 0.253 e. The predicted molar refractivity (Wildman–Crippen MR) is 96.9 cm³/mol. The molecule has 25 heavy (non-hydrogen) atoms. The van der Waals surface area contributed by atoms with Crippen LogP contribution in [0.4, 0.5) is 5.69 Å². The monoisotopic (exact) mass is 359 g/mol. The van der Waals surface area contributed by atoms with E-state index in [0.717, 1.165) is 37.2 Å².